The van der Waals surface area contributed by atoms with Crippen molar-refractivity contribution >= 4 is 40.8 Å². The third-order valence-corrected chi connectivity index (χ3v) is 5.73. The maximum atomic E-state index is 6.06. The van der Waals surface area contributed by atoms with Gasteiger partial charge in [0.05, 0.1) is 15.7 Å². The molecule has 0 aliphatic carbocycles. The van der Waals surface area contributed by atoms with Crippen molar-refractivity contribution in [2.24, 2.45) is 4.99 Å². The van der Waals surface area contributed by atoms with Gasteiger partial charge in [0.2, 0.25) is 0 Å². The number of benzene rings is 2. The van der Waals surface area contributed by atoms with Crippen molar-refractivity contribution in [1.29, 1.82) is 0 Å². The smallest absolute Gasteiger partial charge is 0.0645 e. The fourth-order valence-corrected chi connectivity index (χ4v) is 4.19. The van der Waals surface area contributed by atoms with Gasteiger partial charge in [-0.05, 0) is 74.6 Å². The van der Waals surface area contributed by atoms with Crippen molar-refractivity contribution in [3.05, 3.63) is 57.6 Å². The fourth-order valence-electron chi connectivity index (χ4n) is 3.90. The molecule has 0 saturated heterocycles. The minimum Gasteiger partial charge on any atom is -0.366 e. The first-order chi connectivity index (χ1) is 11.8. The van der Waals surface area contributed by atoms with Crippen molar-refractivity contribution in [2.45, 2.75) is 45.6 Å². The number of nitrogens with zero attached hydrogens (tertiary/aromatic N) is 2. The van der Waals surface area contributed by atoms with Crippen LogP contribution in [0.4, 0.5) is 11.4 Å². The molecule has 0 aromatic heterocycles. The molecule has 3 rings (SSSR count). The summed E-state index contributed by atoms with van der Waals surface area (Å²) in [6.45, 7) is 10.2. The van der Waals surface area contributed by atoms with Crippen LogP contribution in [0.25, 0.3) is 0 Å². The van der Waals surface area contributed by atoms with Gasteiger partial charge in [-0.15, -0.1) is 0 Å². The van der Waals surface area contributed by atoms with Gasteiger partial charge in [-0.1, -0.05) is 36.2 Å². The molecule has 132 valence electrons. The fraction of sp³-hybridized carbons (Fsp3) is 0.381. The average molecular weight is 375 g/mol. The quantitative estimate of drug-likeness (QED) is 0.535. The third-order valence-electron chi connectivity index (χ3n) is 4.99. The molecule has 1 aliphatic heterocycles. The molecule has 2 aromatic rings. The molecule has 0 bridgehead atoms. The minimum atomic E-state index is 0.191. The number of fused-ring (bicyclic) bond motifs is 1. The summed E-state index contributed by atoms with van der Waals surface area (Å²) in [6, 6.07) is 12.0. The van der Waals surface area contributed by atoms with Gasteiger partial charge in [0.25, 0.3) is 0 Å². The molecular weight excluding hydrogens is 351 g/mol. The highest BCUT2D eigenvalue weighted by atomic mass is 35.5. The van der Waals surface area contributed by atoms with Gasteiger partial charge in [-0.3, -0.25) is 4.99 Å². The van der Waals surface area contributed by atoms with Crippen LogP contribution in [0.1, 0.15) is 51.2 Å². The summed E-state index contributed by atoms with van der Waals surface area (Å²) in [7, 11) is 0. The first-order valence-corrected chi connectivity index (χ1v) is 9.48. The lowest BCUT2D eigenvalue weighted by atomic mass is 9.79. The molecule has 2 aromatic carbocycles. The molecule has 0 amide bonds. The molecule has 0 radical (unpaired) electrons. The Hall–Kier alpha value is -1.51. The van der Waals surface area contributed by atoms with Crippen molar-refractivity contribution in [1.82, 2.24) is 0 Å². The van der Waals surface area contributed by atoms with Gasteiger partial charge in [0.1, 0.15) is 0 Å². The number of halogens is 2. The Kier molecular flexibility index (Phi) is 5.13. The summed E-state index contributed by atoms with van der Waals surface area (Å²) in [5.41, 5.74) is 4.85. The van der Waals surface area contributed by atoms with Gasteiger partial charge in [0, 0.05) is 24.0 Å². The summed E-state index contributed by atoms with van der Waals surface area (Å²) >= 11 is 12.0. The van der Waals surface area contributed by atoms with Gasteiger partial charge in [-0.25, -0.2) is 0 Å². The molecule has 0 N–H and O–H groups in total. The normalized spacial score (nSPS) is 19.3. The van der Waals surface area contributed by atoms with E-state index in [2.05, 4.69) is 55.8 Å². The molecule has 1 aliphatic rings. The van der Waals surface area contributed by atoms with Crippen LogP contribution in [0.3, 0.4) is 0 Å². The largest absolute Gasteiger partial charge is 0.366 e. The number of hydrogen-bond donors (Lipinski definition) is 0. The van der Waals surface area contributed by atoms with Crippen molar-refractivity contribution < 1.29 is 0 Å². The maximum absolute atomic E-state index is 6.06. The van der Waals surface area contributed by atoms with Gasteiger partial charge < -0.3 is 4.90 Å². The van der Waals surface area contributed by atoms with Crippen LogP contribution >= 0.6 is 23.2 Å². The molecule has 1 heterocycles. The van der Waals surface area contributed by atoms with Crippen molar-refractivity contribution in [3.8, 4) is 0 Å². The van der Waals surface area contributed by atoms with Crippen LogP contribution in [0, 0.1) is 0 Å². The third kappa shape index (κ3) is 3.70. The second kappa shape index (κ2) is 7.01. The van der Waals surface area contributed by atoms with Crippen molar-refractivity contribution in [3.63, 3.8) is 0 Å². The molecule has 0 fully saturated rings. The molecule has 25 heavy (non-hydrogen) atoms. The van der Waals surface area contributed by atoms with E-state index < -0.39 is 0 Å². The molecule has 2 nitrogen and oxygen atoms in total. The standard InChI is InChI=1S/C21H24Cl2N2/c1-5-25-20-9-6-15(10-17(20)14(2)12-21(25,3)4)13-24-16-7-8-18(22)19(23)11-16/h6-11,13-14H,5,12H2,1-4H3. The summed E-state index contributed by atoms with van der Waals surface area (Å²) in [6.07, 6.45) is 3.05. The van der Waals surface area contributed by atoms with E-state index in [1.807, 2.05) is 12.3 Å². The maximum Gasteiger partial charge on any atom is 0.0645 e. The van der Waals surface area contributed by atoms with Crippen LogP contribution in [-0.2, 0) is 0 Å². The molecule has 0 saturated carbocycles. The van der Waals surface area contributed by atoms with E-state index in [1.54, 1.807) is 12.1 Å². The topological polar surface area (TPSA) is 15.6 Å². The van der Waals surface area contributed by atoms with Crippen LogP contribution < -0.4 is 4.90 Å². The predicted octanol–water partition coefficient (Wildman–Crippen LogP) is 6.86. The van der Waals surface area contributed by atoms with E-state index >= 15 is 0 Å². The Morgan fingerprint density at radius 3 is 2.60 bits per heavy atom. The average Bonchev–Trinajstić information content (AvgIpc) is 2.56. The lowest BCUT2D eigenvalue weighted by molar-refractivity contribution is 0.381. The lowest BCUT2D eigenvalue weighted by Crippen LogP contribution is -2.48. The summed E-state index contributed by atoms with van der Waals surface area (Å²) in [5, 5.41) is 1.07. The second-order valence-electron chi connectivity index (χ2n) is 7.34. The van der Waals surface area contributed by atoms with Crippen LogP contribution in [-0.4, -0.2) is 18.3 Å². The highest BCUT2D eigenvalue weighted by Gasteiger charge is 2.35. The Morgan fingerprint density at radius 1 is 1.16 bits per heavy atom. The van der Waals surface area contributed by atoms with Gasteiger partial charge >= 0.3 is 0 Å². The van der Waals surface area contributed by atoms with Crippen LogP contribution in [0.15, 0.2) is 41.4 Å². The zero-order valence-electron chi connectivity index (χ0n) is 15.2. The Morgan fingerprint density at radius 2 is 1.92 bits per heavy atom. The van der Waals surface area contributed by atoms with Gasteiger partial charge in [-0.2, -0.15) is 0 Å². The monoisotopic (exact) mass is 374 g/mol. The molecular formula is C21H24Cl2N2. The molecule has 4 heteroatoms. The van der Waals surface area contributed by atoms with E-state index in [0.29, 0.717) is 16.0 Å². The van der Waals surface area contributed by atoms with Crippen molar-refractivity contribution in [2.75, 3.05) is 11.4 Å². The molecule has 1 atom stereocenters. The molecule has 1 unspecified atom stereocenters. The molecule has 0 spiro atoms. The van der Waals surface area contributed by atoms with Crippen LogP contribution in [0.5, 0.6) is 0 Å². The first-order valence-electron chi connectivity index (χ1n) is 8.72. The van der Waals surface area contributed by atoms with E-state index in [-0.39, 0.29) is 5.54 Å². The number of rotatable bonds is 3. The Labute approximate surface area is 160 Å². The second-order valence-corrected chi connectivity index (χ2v) is 8.15. The summed E-state index contributed by atoms with van der Waals surface area (Å²) in [5.74, 6) is 0.533. The highest BCUT2D eigenvalue weighted by Crippen LogP contribution is 2.43. The lowest BCUT2D eigenvalue weighted by Gasteiger charge is -2.47. The Bertz CT molecular complexity index is 812. The van der Waals surface area contributed by atoms with E-state index in [1.165, 1.54) is 11.3 Å². The van der Waals surface area contributed by atoms with E-state index in [0.717, 1.165) is 24.2 Å². The van der Waals surface area contributed by atoms with Crippen LogP contribution in [0.2, 0.25) is 10.0 Å². The van der Waals surface area contributed by atoms with E-state index in [4.69, 9.17) is 23.2 Å². The van der Waals surface area contributed by atoms with E-state index in [9.17, 15) is 0 Å². The number of aliphatic imine (C=N–C) groups is 1. The first kappa shape index (κ1) is 18.3. The number of hydrogen-bond acceptors (Lipinski definition) is 2. The predicted molar refractivity (Wildman–Crippen MR) is 110 cm³/mol. The highest BCUT2D eigenvalue weighted by molar-refractivity contribution is 6.42. The minimum absolute atomic E-state index is 0.191. The summed E-state index contributed by atoms with van der Waals surface area (Å²) < 4.78 is 0. The number of anilines is 1. The zero-order chi connectivity index (χ0) is 18.2. The summed E-state index contributed by atoms with van der Waals surface area (Å²) in [4.78, 5) is 7.04. The van der Waals surface area contributed by atoms with Gasteiger partial charge in [0.15, 0.2) is 0 Å². The Balaban J connectivity index is 1.92. The zero-order valence-corrected chi connectivity index (χ0v) is 16.7. The SMILES string of the molecule is CCN1c2ccc(C=Nc3ccc(Cl)c(Cl)c3)cc2C(C)CC1(C)C.